The van der Waals surface area contributed by atoms with Gasteiger partial charge in [-0.25, -0.2) is 9.78 Å². The molecule has 0 saturated heterocycles. The molecule has 2 rings (SSSR count). The van der Waals surface area contributed by atoms with E-state index in [9.17, 15) is 14.7 Å². The highest BCUT2D eigenvalue weighted by Crippen LogP contribution is 2.18. The van der Waals surface area contributed by atoms with Crippen LogP contribution < -0.4 is 4.90 Å². The van der Waals surface area contributed by atoms with Crippen LogP contribution in [0, 0.1) is 0 Å². The number of amides is 1. The summed E-state index contributed by atoms with van der Waals surface area (Å²) in [5, 5.41) is 9.41. The number of anilines is 1. The first-order valence-electron chi connectivity index (χ1n) is 6.00. The number of H-pyrrole nitrogens is 1. The summed E-state index contributed by atoms with van der Waals surface area (Å²) >= 11 is 0. The number of hydrogen-bond acceptors (Lipinski definition) is 4. The number of rotatable bonds is 5. The van der Waals surface area contributed by atoms with Gasteiger partial charge in [-0.2, -0.15) is 0 Å². The van der Waals surface area contributed by atoms with Crippen molar-refractivity contribution in [3.8, 4) is 0 Å². The molecule has 0 aliphatic carbocycles. The van der Waals surface area contributed by atoms with E-state index >= 15 is 0 Å². The number of carboxylic acid groups (broad SMARTS) is 1. The van der Waals surface area contributed by atoms with Crippen LogP contribution in [0.1, 0.15) is 12.6 Å². The van der Waals surface area contributed by atoms with Crippen LogP contribution in [0.15, 0.2) is 37.1 Å². The van der Waals surface area contributed by atoms with Crippen molar-refractivity contribution in [1.29, 1.82) is 0 Å². The number of nitrogens with one attached hydrogen (secondary N) is 1. The van der Waals surface area contributed by atoms with Crippen LogP contribution in [0.2, 0.25) is 0 Å². The summed E-state index contributed by atoms with van der Waals surface area (Å²) < 4.78 is 0. The highest BCUT2D eigenvalue weighted by atomic mass is 16.4. The van der Waals surface area contributed by atoms with E-state index in [-0.39, 0.29) is 12.3 Å². The minimum Gasteiger partial charge on any atom is -0.480 e. The van der Waals surface area contributed by atoms with Crippen molar-refractivity contribution in [1.82, 2.24) is 15.0 Å². The van der Waals surface area contributed by atoms with Crippen LogP contribution in [0.4, 0.5) is 5.69 Å². The fourth-order valence-corrected chi connectivity index (χ4v) is 1.98. The molecule has 104 valence electrons. The molecular formula is C13H14N4O3. The normalized spacial score (nSPS) is 11.8. The van der Waals surface area contributed by atoms with E-state index in [4.69, 9.17) is 0 Å². The highest BCUT2D eigenvalue weighted by Gasteiger charge is 2.29. The number of aliphatic carboxylic acids is 1. The van der Waals surface area contributed by atoms with Gasteiger partial charge < -0.3 is 10.1 Å². The molecule has 0 radical (unpaired) electrons. The van der Waals surface area contributed by atoms with Gasteiger partial charge in [0, 0.05) is 37.6 Å². The molecule has 20 heavy (non-hydrogen) atoms. The fourth-order valence-electron chi connectivity index (χ4n) is 1.98. The molecule has 7 heteroatoms. The van der Waals surface area contributed by atoms with Crippen molar-refractivity contribution in [2.45, 2.75) is 19.4 Å². The summed E-state index contributed by atoms with van der Waals surface area (Å²) in [4.78, 5) is 35.2. The van der Waals surface area contributed by atoms with E-state index in [0.29, 0.717) is 11.4 Å². The van der Waals surface area contributed by atoms with Crippen molar-refractivity contribution in [2.24, 2.45) is 0 Å². The standard InChI is InChI=1S/C13H14N4O3/c1-9(18)17(11-2-4-14-5-3-11)12(13(19)20)6-10-7-15-8-16-10/h2-5,7-8,12H,6H2,1H3,(H,15,16)(H,19,20)/t12-/m0/s1. The maximum atomic E-state index is 11.8. The monoisotopic (exact) mass is 274 g/mol. The average Bonchev–Trinajstić information content (AvgIpc) is 2.91. The van der Waals surface area contributed by atoms with Gasteiger partial charge in [0.2, 0.25) is 5.91 Å². The third kappa shape index (κ3) is 3.00. The number of carbonyl (C=O) groups is 2. The molecule has 0 aliphatic rings. The van der Waals surface area contributed by atoms with Gasteiger partial charge in [0.25, 0.3) is 0 Å². The van der Waals surface area contributed by atoms with E-state index < -0.39 is 12.0 Å². The molecule has 2 N–H and O–H groups in total. The maximum absolute atomic E-state index is 11.8. The zero-order valence-electron chi connectivity index (χ0n) is 10.9. The number of hydrogen-bond donors (Lipinski definition) is 2. The predicted molar refractivity (Wildman–Crippen MR) is 71.1 cm³/mol. The third-order valence-corrected chi connectivity index (χ3v) is 2.83. The maximum Gasteiger partial charge on any atom is 0.327 e. The van der Waals surface area contributed by atoms with Crippen LogP contribution in [-0.4, -0.2) is 38.0 Å². The number of nitrogens with zero attached hydrogens (tertiary/aromatic N) is 3. The highest BCUT2D eigenvalue weighted by molar-refractivity contribution is 5.97. The molecule has 2 aromatic heterocycles. The third-order valence-electron chi connectivity index (χ3n) is 2.83. The van der Waals surface area contributed by atoms with Gasteiger partial charge in [-0.05, 0) is 12.1 Å². The molecule has 7 nitrogen and oxygen atoms in total. The number of imidazole rings is 1. The lowest BCUT2D eigenvalue weighted by Crippen LogP contribution is -2.45. The van der Waals surface area contributed by atoms with Crippen LogP contribution >= 0.6 is 0 Å². The van der Waals surface area contributed by atoms with Gasteiger partial charge in [0.05, 0.1) is 12.0 Å². The van der Waals surface area contributed by atoms with E-state index in [2.05, 4.69) is 15.0 Å². The summed E-state index contributed by atoms with van der Waals surface area (Å²) in [6, 6.07) is 2.18. The number of carboxylic acids is 1. The fraction of sp³-hybridized carbons (Fsp3) is 0.231. The second-order valence-electron chi connectivity index (χ2n) is 4.21. The Labute approximate surface area is 115 Å². The molecule has 0 aromatic carbocycles. The van der Waals surface area contributed by atoms with Crippen molar-refractivity contribution in [3.63, 3.8) is 0 Å². The predicted octanol–water partition coefficient (Wildman–Crippen LogP) is 0.853. The van der Waals surface area contributed by atoms with Gasteiger partial charge >= 0.3 is 5.97 Å². The van der Waals surface area contributed by atoms with Crippen LogP contribution in [-0.2, 0) is 16.0 Å². The van der Waals surface area contributed by atoms with Crippen molar-refractivity contribution in [3.05, 3.63) is 42.7 Å². The van der Waals surface area contributed by atoms with Crippen LogP contribution in [0.25, 0.3) is 0 Å². The van der Waals surface area contributed by atoms with Gasteiger partial charge in [0.1, 0.15) is 6.04 Å². The largest absolute Gasteiger partial charge is 0.480 e. The average molecular weight is 274 g/mol. The molecule has 1 atom stereocenters. The molecule has 2 heterocycles. The number of carbonyl (C=O) groups excluding carboxylic acids is 1. The number of aromatic amines is 1. The van der Waals surface area contributed by atoms with Gasteiger partial charge in [-0.1, -0.05) is 0 Å². The van der Waals surface area contributed by atoms with Crippen molar-refractivity contribution in [2.75, 3.05) is 4.90 Å². The van der Waals surface area contributed by atoms with Gasteiger partial charge in [-0.3, -0.25) is 14.7 Å². The minimum atomic E-state index is -1.08. The lowest BCUT2D eigenvalue weighted by molar-refractivity contribution is -0.140. The topological polar surface area (TPSA) is 99.2 Å². The Kier molecular flexibility index (Phi) is 4.09. The lowest BCUT2D eigenvalue weighted by atomic mass is 10.1. The SMILES string of the molecule is CC(=O)N(c1ccncc1)[C@@H](Cc1c[nH]cn1)C(=O)O. The minimum absolute atomic E-state index is 0.126. The van der Waals surface area contributed by atoms with E-state index in [1.54, 1.807) is 18.3 Å². The first-order chi connectivity index (χ1) is 9.59. The van der Waals surface area contributed by atoms with Crippen LogP contribution in [0.3, 0.4) is 0 Å². The van der Waals surface area contributed by atoms with Crippen molar-refractivity contribution < 1.29 is 14.7 Å². The molecule has 2 aromatic rings. The molecule has 1 amide bonds. The van der Waals surface area contributed by atoms with Gasteiger partial charge in [0.15, 0.2) is 0 Å². The first-order valence-corrected chi connectivity index (χ1v) is 6.00. The lowest BCUT2D eigenvalue weighted by Gasteiger charge is -2.27. The first kappa shape index (κ1) is 13.7. The second-order valence-corrected chi connectivity index (χ2v) is 4.21. The smallest absolute Gasteiger partial charge is 0.327 e. The molecule has 0 spiro atoms. The second kappa shape index (κ2) is 5.96. The van der Waals surface area contributed by atoms with E-state index in [0.717, 1.165) is 0 Å². The van der Waals surface area contributed by atoms with E-state index in [1.165, 1.54) is 30.5 Å². The van der Waals surface area contributed by atoms with Crippen LogP contribution in [0.5, 0.6) is 0 Å². The molecule has 0 unspecified atom stereocenters. The molecule has 0 bridgehead atoms. The van der Waals surface area contributed by atoms with Crippen molar-refractivity contribution >= 4 is 17.6 Å². The summed E-state index contributed by atoms with van der Waals surface area (Å²) in [6.07, 6.45) is 6.23. The summed E-state index contributed by atoms with van der Waals surface area (Å²) in [5.74, 6) is -1.43. The summed E-state index contributed by atoms with van der Waals surface area (Å²) in [5.41, 5.74) is 1.08. The Morgan fingerprint density at radius 2 is 2.10 bits per heavy atom. The van der Waals surface area contributed by atoms with Gasteiger partial charge in [-0.15, -0.1) is 0 Å². The Morgan fingerprint density at radius 1 is 1.40 bits per heavy atom. The molecular weight excluding hydrogens is 260 g/mol. The molecule has 0 fully saturated rings. The zero-order valence-corrected chi connectivity index (χ0v) is 10.9. The zero-order chi connectivity index (χ0) is 14.5. The summed E-state index contributed by atoms with van der Waals surface area (Å²) in [7, 11) is 0. The molecule has 0 saturated carbocycles. The summed E-state index contributed by atoms with van der Waals surface area (Å²) in [6.45, 7) is 1.33. The molecule has 0 aliphatic heterocycles. The Hall–Kier alpha value is -2.70. The number of aromatic nitrogens is 3. The Morgan fingerprint density at radius 3 is 2.60 bits per heavy atom. The number of pyridine rings is 1. The van der Waals surface area contributed by atoms with E-state index in [1.807, 2.05) is 0 Å². The Balaban J connectivity index is 2.33. The quantitative estimate of drug-likeness (QED) is 0.842. The Bertz CT molecular complexity index is 583.